The Labute approximate surface area is 364 Å². The second-order valence-electron chi connectivity index (χ2n) is 16.4. The molecule has 0 spiro atoms. The van der Waals surface area contributed by atoms with Crippen LogP contribution in [0, 0.1) is 0 Å². The summed E-state index contributed by atoms with van der Waals surface area (Å²) in [6.07, 6.45) is 8.03. The van der Waals surface area contributed by atoms with Gasteiger partial charge in [-0.1, -0.05) is 156 Å². The van der Waals surface area contributed by atoms with Crippen molar-refractivity contribution in [3.63, 3.8) is 0 Å². The van der Waals surface area contributed by atoms with Gasteiger partial charge in [-0.2, -0.15) is 0 Å². The maximum atomic E-state index is 8.74. The van der Waals surface area contributed by atoms with Gasteiger partial charge in [-0.25, -0.2) is 0 Å². The van der Waals surface area contributed by atoms with Crippen LogP contribution in [0.25, 0.3) is 0 Å². The van der Waals surface area contributed by atoms with Crippen LogP contribution in [0.5, 0.6) is 0 Å². The molecule has 4 aliphatic rings. The molecule has 2 saturated carbocycles. The van der Waals surface area contributed by atoms with E-state index < -0.39 is 49.2 Å². The molecule has 8 rings (SSSR count). The van der Waals surface area contributed by atoms with E-state index in [1.165, 1.54) is 44.9 Å². The van der Waals surface area contributed by atoms with Crippen molar-refractivity contribution in [1.29, 1.82) is 0 Å². The molecule has 5 heteroatoms. The average molecular weight is 835 g/mol. The summed E-state index contributed by atoms with van der Waals surface area (Å²) in [5.41, 5.74) is -1.26. The number of hydrogen-bond acceptors (Lipinski definition) is 2. The van der Waals surface area contributed by atoms with Crippen LogP contribution in [0.1, 0.15) is 167 Å². The topological polar surface area (TPSA) is 15.3 Å². The van der Waals surface area contributed by atoms with Gasteiger partial charge in [-0.05, 0) is 121 Å². The molecule has 2 heterocycles. The first-order valence-corrected chi connectivity index (χ1v) is 19.8. The van der Waals surface area contributed by atoms with E-state index in [-0.39, 0.29) is 63.4 Å². The van der Waals surface area contributed by atoms with Crippen molar-refractivity contribution in [3.8, 4) is 0 Å². The van der Waals surface area contributed by atoms with Crippen molar-refractivity contribution >= 4 is 56.2 Å². The largest absolute Gasteiger partial charge is 0.379 e. The summed E-state index contributed by atoms with van der Waals surface area (Å²) in [7, 11) is 0. The van der Waals surface area contributed by atoms with Crippen molar-refractivity contribution < 1.29 is 24.7 Å². The summed E-state index contributed by atoms with van der Waals surface area (Å²) in [4.78, 5) is 2.01. The summed E-state index contributed by atoms with van der Waals surface area (Å²) in [6.45, 7) is 0.0762. The van der Waals surface area contributed by atoms with Crippen LogP contribution in [0.15, 0.2) is 89.3 Å². The first-order valence-electron chi connectivity index (χ1n) is 27.3. The predicted molar refractivity (Wildman–Crippen MR) is 235 cm³/mol. The highest BCUT2D eigenvalue weighted by atomic mass is 79.9. The third-order valence-electron chi connectivity index (χ3n) is 12.5. The predicted octanol–water partition coefficient (Wildman–Crippen LogP) is 15.5. The Balaban J connectivity index is 0.000000192. The molecule has 0 aromatic heterocycles. The Bertz CT molecular complexity index is 2670. The number of halogens is 3. The molecule has 0 saturated heterocycles. The van der Waals surface area contributed by atoms with Crippen LogP contribution < -0.4 is 10.2 Å². The summed E-state index contributed by atoms with van der Waals surface area (Å²) >= 11 is 15.6. The van der Waals surface area contributed by atoms with Gasteiger partial charge in [0.15, 0.2) is 0 Å². The van der Waals surface area contributed by atoms with Gasteiger partial charge in [0.2, 0.25) is 0 Å². The van der Waals surface area contributed by atoms with Crippen LogP contribution >= 0.6 is 39.1 Å². The molecule has 2 aliphatic heterocycles. The number of nitrogens with one attached hydrogen (secondary N) is 1. The first-order chi connectivity index (χ1) is 32.2. The van der Waals surface area contributed by atoms with Gasteiger partial charge in [0.1, 0.15) is 0 Å². The molecule has 0 radical (unpaired) electrons. The van der Waals surface area contributed by atoms with Crippen LogP contribution in [-0.2, 0) is 21.7 Å². The Kier molecular flexibility index (Phi) is 6.30. The molecular weight excluding hydrogens is 755 g/mol. The lowest BCUT2D eigenvalue weighted by Crippen LogP contribution is -2.54. The molecule has 4 unspecified atom stereocenters. The minimum atomic E-state index is -2.82. The zero-order valence-electron chi connectivity index (χ0n) is 49.4. The number of para-hydroxylation sites is 2. The number of hydrogen-bond donors (Lipinski definition) is 1. The standard InChI is InChI=1S/C24H30ClN.C14H19N.C10H12BrCl/c1-22(2,3)17-14-18(25)16-19(15-17)26-21-11-7-6-10-20(21)23(4)12-8-9-13-24(23,26)5;1-13-9-5-6-10-14(13,2)15-12-8-4-3-7-11(12)13;1-10(2,3)7-4-8(11)6-9(12)5-7/h6-7,10-11,14-16H,8-9,12-13H2,1-5H3;3-4,7-8,15H,5-6,9-10H2,1-2H3;4-6H,1-3H3/i1D3,2D3,6D,7D,10D;3D,4D,7D;1D3,2D3. The fourth-order valence-electron chi connectivity index (χ4n) is 8.99. The average Bonchev–Trinajstić information content (AvgIpc) is 3.59. The van der Waals surface area contributed by atoms with Crippen LogP contribution in [-0.4, -0.2) is 11.1 Å². The van der Waals surface area contributed by atoms with E-state index in [0.717, 1.165) is 49.8 Å². The Morgan fingerprint density at radius 3 is 1.92 bits per heavy atom. The Hall–Kier alpha value is -2.46. The van der Waals surface area contributed by atoms with E-state index in [1.54, 1.807) is 30.3 Å². The molecule has 284 valence electrons. The molecule has 4 aromatic rings. The fourth-order valence-corrected chi connectivity index (χ4v) is 10.1. The van der Waals surface area contributed by atoms with E-state index in [9.17, 15) is 0 Å². The molecular formula is C48H61BrCl2N2. The van der Waals surface area contributed by atoms with E-state index >= 15 is 0 Å². The lowest BCUT2D eigenvalue weighted by atomic mass is 9.61. The number of nitrogens with zero attached hydrogens (tertiary/aromatic N) is 1. The van der Waals surface area contributed by atoms with Gasteiger partial charge in [-0.3, -0.25) is 0 Å². The Morgan fingerprint density at radius 2 is 1.26 bits per heavy atom. The minimum absolute atomic E-state index is 0.0242. The van der Waals surface area contributed by atoms with Crippen molar-refractivity contribution in [1.82, 2.24) is 0 Å². The zero-order chi connectivity index (χ0) is 53.8. The maximum absolute atomic E-state index is 8.74. The fraction of sp³-hybridized carbons (Fsp3) is 0.500. The molecule has 4 atom stereocenters. The quantitative estimate of drug-likeness (QED) is 0.206. The van der Waals surface area contributed by atoms with Gasteiger partial charge in [0.25, 0.3) is 0 Å². The van der Waals surface area contributed by atoms with E-state index in [4.69, 9.17) is 47.9 Å². The molecule has 0 amide bonds. The summed E-state index contributed by atoms with van der Waals surface area (Å²) in [6, 6.07) is 12.7. The lowest BCUT2D eigenvalue weighted by molar-refractivity contribution is 0.195. The van der Waals surface area contributed by atoms with E-state index in [1.807, 2.05) is 4.90 Å². The first kappa shape index (κ1) is 22.9. The summed E-state index contributed by atoms with van der Waals surface area (Å²) in [5, 5.41) is 4.04. The summed E-state index contributed by atoms with van der Waals surface area (Å²) in [5.74, 6) is 0. The van der Waals surface area contributed by atoms with Crippen molar-refractivity contribution in [3.05, 3.63) is 122 Å². The molecule has 4 aromatic carbocycles. The van der Waals surface area contributed by atoms with Crippen molar-refractivity contribution in [2.75, 3.05) is 10.2 Å². The zero-order valence-corrected chi connectivity index (χ0v) is 34.5. The molecule has 2 nitrogen and oxygen atoms in total. The minimum Gasteiger partial charge on any atom is -0.379 e. The molecule has 1 N–H and O–H groups in total. The third-order valence-corrected chi connectivity index (χ3v) is 13.4. The van der Waals surface area contributed by atoms with Crippen LogP contribution in [0.4, 0.5) is 17.1 Å². The molecule has 2 fully saturated rings. The Morgan fingerprint density at radius 1 is 0.698 bits per heavy atom. The monoisotopic (exact) mass is 832 g/mol. The third kappa shape index (κ3) is 7.46. The number of anilines is 3. The van der Waals surface area contributed by atoms with Gasteiger partial charge < -0.3 is 10.2 Å². The van der Waals surface area contributed by atoms with Gasteiger partial charge in [0.05, 0.1) is 13.8 Å². The summed E-state index contributed by atoms with van der Waals surface area (Å²) < 4.78 is 143. The SMILES string of the molecule is [2H]C([2H])([2H])C(C)(c1cc(Cl)cc(Br)c1)C([2H])([2H])[2H].[2H]c1cc2c(c([2H])c1[2H])C1(C)CCCCC1(C)N2.[2H]c1cc2c(c([2H])c1[2H])C1(C)CCCCC1(C)N2c1cc(Cl)cc(C(C)(C([2H])([2H])[2H])C([2H])([2H])[2H])c1. The number of fused-ring (bicyclic) bond motifs is 6. The van der Waals surface area contributed by atoms with Crippen LogP contribution in [0.2, 0.25) is 10.0 Å². The number of rotatable bonds is 1. The highest BCUT2D eigenvalue weighted by Gasteiger charge is 2.57. The molecule has 0 bridgehead atoms. The molecule has 2 aliphatic carbocycles. The second-order valence-corrected chi connectivity index (χ2v) is 18.2. The number of benzene rings is 4. The van der Waals surface area contributed by atoms with E-state index in [2.05, 4.69) is 48.9 Å². The maximum Gasteiger partial charge on any atom is 0.0627 e. The van der Waals surface area contributed by atoms with Crippen molar-refractivity contribution in [2.24, 2.45) is 0 Å². The van der Waals surface area contributed by atoms with Gasteiger partial charge >= 0.3 is 0 Å². The second kappa shape index (κ2) is 14.6. The van der Waals surface area contributed by atoms with Gasteiger partial charge in [-0.15, -0.1) is 0 Å². The smallest absolute Gasteiger partial charge is 0.0627 e. The van der Waals surface area contributed by atoms with Crippen molar-refractivity contribution in [2.45, 2.75) is 153 Å². The normalized spacial score (nSPS) is 33.0. The molecule has 53 heavy (non-hydrogen) atoms. The van der Waals surface area contributed by atoms with E-state index in [0.29, 0.717) is 26.4 Å². The highest BCUT2D eigenvalue weighted by Crippen LogP contribution is 2.61. The lowest BCUT2D eigenvalue weighted by Gasteiger charge is -2.50. The van der Waals surface area contributed by atoms with Gasteiger partial charge in [0, 0.05) is 64.4 Å². The van der Waals surface area contributed by atoms with Crippen LogP contribution in [0.3, 0.4) is 0 Å². The highest BCUT2D eigenvalue weighted by molar-refractivity contribution is 9.10.